The Morgan fingerprint density at radius 3 is 1.33 bits per heavy atom. The van der Waals surface area contributed by atoms with Gasteiger partial charge < -0.3 is 39.0 Å². The molecule has 3 N–H and O–H groups in total. The predicted molar refractivity (Wildman–Crippen MR) is 303 cm³/mol. The monoisotopic (exact) mass is 1050 g/mol. The highest BCUT2D eigenvalue weighted by Crippen LogP contribution is 2.26. The van der Waals surface area contributed by atoms with E-state index in [2.05, 4.69) is 130 Å². The SMILES string of the molecule is CC/C=C\C/C=C\C/C=C\C/C=C\C/C=C\C/C=C\CCC(=O)OCC(COC1OC(C(=O)O)C(O)C(O)C1OC(=O)CCCCCCCCCCC)OC(=O)CCCCCC/C=C\C/C=C\C/C=C\C/C=C\CC. The third-order valence-corrected chi connectivity index (χ3v) is 12.0. The highest BCUT2D eigenvalue weighted by Gasteiger charge is 2.50. The molecule has 1 aliphatic heterocycles. The van der Waals surface area contributed by atoms with Crippen molar-refractivity contribution in [3.05, 3.63) is 122 Å². The number of hydrogen-bond donors (Lipinski definition) is 3. The molecule has 0 aromatic rings. The molecular formula is C63H98O12. The average Bonchev–Trinajstić information content (AvgIpc) is 3.39. The number of ether oxygens (including phenoxy) is 5. The van der Waals surface area contributed by atoms with Crippen LogP contribution < -0.4 is 0 Å². The van der Waals surface area contributed by atoms with E-state index in [4.69, 9.17) is 23.7 Å². The molecule has 12 nitrogen and oxygen atoms in total. The minimum Gasteiger partial charge on any atom is -0.479 e. The van der Waals surface area contributed by atoms with Crippen LogP contribution in [0.25, 0.3) is 0 Å². The van der Waals surface area contributed by atoms with Crippen LogP contribution in [0.5, 0.6) is 0 Å². The number of unbranched alkanes of at least 4 members (excludes halogenated alkanes) is 12. The summed E-state index contributed by atoms with van der Waals surface area (Å²) in [5.74, 6) is -3.28. The number of allylic oxidation sites excluding steroid dienone is 20. The molecule has 1 aliphatic rings. The number of carbonyl (C=O) groups excluding carboxylic acids is 3. The average molecular weight is 1050 g/mol. The number of aliphatic carboxylic acids is 1. The number of carboxylic acid groups (broad SMARTS) is 1. The molecule has 0 bridgehead atoms. The van der Waals surface area contributed by atoms with E-state index in [1.807, 2.05) is 12.2 Å². The van der Waals surface area contributed by atoms with Crippen LogP contribution in [-0.2, 0) is 42.9 Å². The number of aliphatic hydroxyl groups is 2. The summed E-state index contributed by atoms with van der Waals surface area (Å²) in [4.78, 5) is 50.9. The zero-order valence-corrected chi connectivity index (χ0v) is 46.2. The lowest BCUT2D eigenvalue weighted by Crippen LogP contribution is -2.61. The lowest BCUT2D eigenvalue weighted by molar-refractivity contribution is -0.301. The van der Waals surface area contributed by atoms with Gasteiger partial charge in [0.05, 0.1) is 6.61 Å². The molecule has 1 heterocycles. The maximum absolute atomic E-state index is 13.1. The number of aliphatic hydroxyl groups excluding tert-OH is 2. The molecule has 12 heteroatoms. The van der Waals surface area contributed by atoms with Gasteiger partial charge in [0, 0.05) is 19.3 Å². The van der Waals surface area contributed by atoms with Crippen LogP contribution >= 0.6 is 0 Å². The second-order valence-corrected chi connectivity index (χ2v) is 18.8. The molecule has 0 saturated carbocycles. The largest absolute Gasteiger partial charge is 0.479 e. The fourth-order valence-corrected chi connectivity index (χ4v) is 7.74. The van der Waals surface area contributed by atoms with E-state index in [-0.39, 0.29) is 25.9 Å². The van der Waals surface area contributed by atoms with Gasteiger partial charge >= 0.3 is 23.9 Å². The van der Waals surface area contributed by atoms with Gasteiger partial charge in [0.15, 0.2) is 24.6 Å². The number of esters is 3. The Morgan fingerprint density at radius 2 is 0.867 bits per heavy atom. The fraction of sp³-hybridized carbons (Fsp3) is 0.619. The maximum Gasteiger partial charge on any atom is 0.335 e. The molecule has 1 rings (SSSR count). The van der Waals surface area contributed by atoms with Crippen molar-refractivity contribution in [2.24, 2.45) is 0 Å². The van der Waals surface area contributed by atoms with Crippen molar-refractivity contribution in [3.8, 4) is 0 Å². The summed E-state index contributed by atoms with van der Waals surface area (Å²) in [5.41, 5.74) is 0. The van der Waals surface area contributed by atoms with Gasteiger partial charge in [0.25, 0.3) is 0 Å². The molecule has 0 aromatic carbocycles. The first-order valence-electron chi connectivity index (χ1n) is 28.5. The Balaban J connectivity index is 2.76. The Labute approximate surface area is 452 Å². The second kappa shape index (κ2) is 50.0. The Kier molecular flexibility index (Phi) is 45.4. The van der Waals surface area contributed by atoms with Crippen molar-refractivity contribution in [2.75, 3.05) is 13.2 Å². The van der Waals surface area contributed by atoms with E-state index >= 15 is 0 Å². The maximum atomic E-state index is 13.1. The predicted octanol–water partition coefficient (Wildman–Crippen LogP) is 14.4. The van der Waals surface area contributed by atoms with Gasteiger partial charge in [-0.15, -0.1) is 0 Å². The second-order valence-electron chi connectivity index (χ2n) is 18.8. The van der Waals surface area contributed by atoms with Crippen LogP contribution in [0.3, 0.4) is 0 Å². The molecule has 0 spiro atoms. The number of carboxylic acids is 1. The van der Waals surface area contributed by atoms with Gasteiger partial charge in [-0.3, -0.25) is 14.4 Å². The van der Waals surface area contributed by atoms with E-state index in [9.17, 15) is 34.5 Å². The zero-order chi connectivity index (χ0) is 54.7. The van der Waals surface area contributed by atoms with Crippen molar-refractivity contribution in [1.29, 1.82) is 0 Å². The van der Waals surface area contributed by atoms with Gasteiger partial charge in [-0.2, -0.15) is 0 Å². The molecule has 0 aromatic heterocycles. The van der Waals surface area contributed by atoms with Crippen LogP contribution in [0.4, 0.5) is 0 Å². The molecule has 0 aliphatic carbocycles. The first-order chi connectivity index (χ1) is 36.6. The molecule has 0 amide bonds. The Hall–Kier alpha value is -4.88. The van der Waals surface area contributed by atoms with Gasteiger partial charge in [0.2, 0.25) is 0 Å². The molecule has 0 radical (unpaired) electrons. The van der Waals surface area contributed by atoms with E-state index in [1.165, 1.54) is 25.7 Å². The van der Waals surface area contributed by atoms with Gasteiger partial charge in [-0.25, -0.2) is 4.79 Å². The van der Waals surface area contributed by atoms with Crippen LogP contribution in [0.15, 0.2) is 122 Å². The minimum atomic E-state index is -1.92. The molecule has 1 fully saturated rings. The minimum absolute atomic E-state index is 0.0451. The first-order valence-corrected chi connectivity index (χ1v) is 28.5. The third kappa shape index (κ3) is 40.1. The van der Waals surface area contributed by atoms with Crippen LogP contribution in [0.1, 0.15) is 201 Å². The smallest absolute Gasteiger partial charge is 0.335 e. The van der Waals surface area contributed by atoms with Gasteiger partial charge in [-0.05, 0) is 96.3 Å². The van der Waals surface area contributed by atoms with Crippen molar-refractivity contribution in [2.45, 2.75) is 237 Å². The lowest BCUT2D eigenvalue weighted by atomic mass is 9.98. The van der Waals surface area contributed by atoms with Gasteiger partial charge in [-0.1, -0.05) is 206 Å². The summed E-state index contributed by atoms with van der Waals surface area (Å²) in [6, 6.07) is 0. The standard InChI is InChI=1S/C63H98O12/c1-4-7-10-13-16-19-21-23-25-27-28-30-31-33-35-38-40-43-46-49-55(64)71-52-54(73-56(65)50-47-44-42-39-36-34-32-29-26-24-22-20-17-14-11-8-5-2)53-72-63-61(59(68)58(67)60(75-63)62(69)70)74-57(66)51-48-45-41-37-18-15-12-9-6-3/h7-8,10-11,16-17,19-20,23-26,28,30,32-35,40,43,54,58-61,63,67-68H,4-6,9,12-15,18,21-22,27,29,31,36-39,41-42,44-53H2,1-3H3,(H,69,70)/b10-7-,11-8-,19-16-,20-17-,25-23-,26-24-,30-28-,34-32-,35-33-,43-40-. The van der Waals surface area contributed by atoms with E-state index in [0.717, 1.165) is 116 Å². The van der Waals surface area contributed by atoms with E-state index in [1.54, 1.807) is 0 Å². The number of hydrogen-bond acceptors (Lipinski definition) is 11. The number of carbonyl (C=O) groups is 4. The van der Waals surface area contributed by atoms with Crippen molar-refractivity contribution < 1.29 is 58.2 Å². The lowest BCUT2D eigenvalue weighted by Gasteiger charge is -2.40. The quantitative estimate of drug-likeness (QED) is 0.0228. The van der Waals surface area contributed by atoms with E-state index in [0.29, 0.717) is 19.3 Å². The highest BCUT2D eigenvalue weighted by molar-refractivity contribution is 5.74. The van der Waals surface area contributed by atoms with Gasteiger partial charge in [0.1, 0.15) is 18.8 Å². The number of rotatable bonds is 46. The molecule has 6 unspecified atom stereocenters. The summed E-state index contributed by atoms with van der Waals surface area (Å²) in [5, 5.41) is 31.4. The third-order valence-electron chi connectivity index (χ3n) is 12.0. The molecular weight excluding hydrogens is 949 g/mol. The van der Waals surface area contributed by atoms with Crippen molar-refractivity contribution in [3.63, 3.8) is 0 Å². The molecule has 6 atom stereocenters. The fourth-order valence-electron chi connectivity index (χ4n) is 7.74. The van der Waals surface area contributed by atoms with Crippen LogP contribution in [0, 0.1) is 0 Å². The molecule has 422 valence electrons. The summed E-state index contributed by atoms with van der Waals surface area (Å²) in [6.07, 6.45) is 56.3. The Morgan fingerprint density at radius 1 is 0.453 bits per heavy atom. The summed E-state index contributed by atoms with van der Waals surface area (Å²) in [7, 11) is 0. The summed E-state index contributed by atoms with van der Waals surface area (Å²) >= 11 is 0. The zero-order valence-electron chi connectivity index (χ0n) is 46.2. The van der Waals surface area contributed by atoms with Crippen LogP contribution in [0.2, 0.25) is 0 Å². The summed E-state index contributed by atoms with van der Waals surface area (Å²) < 4.78 is 28.2. The highest BCUT2D eigenvalue weighted by atomic mass is 16.7. The molecule has 75 heavy (non-hydrogen) atoms. The van der Waals surface area contributed by atoms with Crippen molar-refractivity contribution >= 4 is 23.9 Å². The normalized spacial score (nSPS) is 19.1. The topological polar surface area (TPSA) is 175 Å². The van der Waals surface area contributed by atoms with Crippen molar-refractivity contribution in [1.82, 2.24) is 0 Å². The van der Waals surface area contributed by atoms with Crippen LogP contribution in [-0.4, -0.2) is 89.2 Å². The first kappa shape index (κ1) is 68.1. The molecule has 1 saturated heterocycles. The Bertz CT molecular complexity index is 1770. The van der Waals surface area contributed by atoms with E-state index < -0.39 is 67.3 Å². The summed E-state index contributed by atoms with van der Waals surface area (Å²) in [6.45, 7) is 5.62.